The number of halogens is 1. The largest absolute Gasteiger partial charge is 0.294 e. The van der Waals surface area contributed by atoms with E-state index in [0.29, 0.717) is 6.42 Å². The summed E-state index contributed by atoms with van der Waals surface area (Å²) in [5, 5.41) is 0. The van der Waals surface area contributed by atoms with Gasteiger partial charge >= 0.3 is 0 Å². The molecule has 0 fully saturated rings. The maximum atomic E-state index is 11.9. The molecule has 0 atom stereocenters. The Balaban J connectivity index is 1.84. The van der Waals surface area contributed by atoms with Gasteiger partial charge in [0.1, 0.15) is 0 Å². The highest BCUT2D eigenvalue weighted by Crippen LogP contribution is 2.14. The average molecular weight is 303 g/mol. The van der Waals surface area contributed by atoms with Crippen LogP contribution in [0, 0.1) is 0 Å². The molecule has 0 amide bonds. The van der Waals surface area contributed by atoms with E-state index in [-0.39, 0.29) is 5.78 Å². The molecule has 0 heterocycles. The van der Waals surface area contributed by atoms with Crippen molar-refractivity contribution in [3.05, 3.63) is 70.2 Å². The number of hydrogen-bond acceptors (Lipinski definition) is 1. The van der Waals surface area contributed by atoms with Crippen LogP contribution in [0.4, 0.5) is 0 Å². The predicted molar refractivity (Wildman–Crippen MR) is 77.9 cm³/mol. The van der Waals surface area contributed by atoms with Gasteiger partial charge in [-0.05, 0) is 30.5 Å². The summed E-state index contributed by atoms with van der Waals surface area (Å²) in [6.07, 6.45) is 2.44. The Morgan fingerprint density at radius 2 is 1.78 bits per heavy atom. The molecule has 0 bridgehead atoms. The number of carbonyl (C=O) groups excluding carboxylic acids is 1. The lowest BCUT2D eigenvalue weighted by Gasteiger charge is -2.02. The van der Waals surface area contributed by atoms with Crippen molar-refractivity contribution in [1.82, 2.24) is 0 Å². The van der Waals surface area contributed by atoms with Crippen LogP contribution in [0.1, 0.15) is 28.8 Å². The van der Waals surface area contributed by atoms with Gasteiger partial charge in [-0.3, -0.25) is 4.79 Å². The van der Waals surface area contributed by atoms with Gasteiger partial charge in [0.2, 0.25) is 0 Å². The zero-order chi connectivity index (χ0) is 12.8. The molecule has 0 unspecified atom stereocenters. The fourth-order valence-corrected chi connectivity index (χ4v) is 2.36. The maximum Gasteiger partial charge on any atom is 0.162 e. The number of rotatable bonds is 5. The van der Waals surface area contributed by atoms with E-state index >= 15 is 0 Å². The first-order valence-corrected chi connectivity index (χ1v) is 6.88. The second kappa shape index (κ2) is 6.50. The van der Waals surface area contributed by atoms with Crippen molar-refractivity contribution < 1.29 is 4.79 Å². The van der Waals surface area contributed by atoms with Crippen molar-refractivity contribution in [3.8, 4) is 0 Å². The fraction of sp³-hybridized carbons (Fsp3) is 0.188. The minimum Gasteiger partial charge on any atom is -0.294 e. The summed E-state index contributed by atoms with van der Waals surface area (Å²) in [6.45, 7) is 0. The van der Waals surface area contributed by atoms with Crippen LogP contribution in [0.15, 0.2) is 59.1 Å². The van der Waals surface area contributed by atoms with Gasteiger partial charge in [0, 0.05) is 16.5 Å². The average Bonchev–Trinajstić information content (AvgIpc) is 2.40. The quantitative estimate of drug-likeness (QED) is 0.735. The van der Waals surface area contributed by atoms with E-state index in [0.717, 1.165) is 22.9 Å². The first-order valence-electron chi connectivity index (χ1n) is 6.08. The number of hydrogen-bond donors (Lipinski definition) is 0. The molecule has 0 aliphatic carbocycles. The second-order valence-electron chi connectivity index (χ2n) is 4.27. The standard InChI is InChI=1S/C16H15BrO/c17-15-10-4-6-13(12-15)7-5-11-16(18)14-8-2-1-3-9-14/h1-4,6,8-10,12H,5,7,11H2. The van der Waals surface area contributed by atoms with Gasteiger partial charge in [-0.2, -0.15) is 0 Å². The lowest BCUT2D eigenvalue weighted by atomic mass is 10.0. The Morgan fingerprint density at radius 3 is 2.50 bits per heavy atom. The van der Waals surface area contributed by atoms with Gasteiger partial charge in [0.15, 0.2) is 5.78 Å². The summed E-state index contributed by atoms with van der Waals surface area (Å²) >= 11 is 3.45. The van der Waals surface area contributed by atoms with E-state index in [1.807, 2.05) is 42.5 Å². The van der Waals surface area contributed by atoms with Crippen LogP contribution in [0.25, 0.3) is 0 Å². The van der Waals surface area contributed by atoms with Crippen molar-refractivity contribution in [1.29, 1.82) is 0 Å². The summed E-state index contributed by atoms with van der Waals surface area (Å²) in [5.74, 6) is 0.227. The van der Waals surface area contributed by atoms with Crippen molar-refractivity contribution >= 4 is 21.7 Å². The third-order valence-corrected chi connectivity index (χ3v) is 3.35. The van der Waals surface area contributed by atoms with E-state index < -0.39 is 0 Å². The fourth-order valence-electron chi connectivity index (χ4n) is 1.91. The van der Waals surface area contributed by atoms with Crippen LogP contribution in [-0.4, -0.2) is 5.78 Å². The highest BCUT2D eigenvalue weighted by atomic mass is 79.9. The van der Waals surface area contributed by atoms with Gasteiger partial charge in [-0.1, -0.05) is 58.4 Å². The lowest BCUT2D eigenvalue weighted by Crippen LogP contribution is -1.99. The van der Waals surface area contributed by atoms with Gasteiger partial charge in [-0.25, -0.2) is 0 Å². The van der Waals surface area contributed by atoms with Crippen molar-refractivity contribution in [3.63, 3.8) is 0 Å². The Bertz CT molecular complexity index is 520. The van der Waals surface area contributed by atoms with E-state index in [9.17, 15) is 4.79 Å². The molecule has 1 nitrogen and oxygen atoms in total. The van der Waals surface area contributed by atoms with Gasteiger partial charge in [0.05, 0.1) is 0 Å². The summed E-state index contributed by atoms with van der Waals surface area (Å²) in [6, 6.07) is 17.7. The molecule has 0 spiro atoms. The highest BCUT2D eigenvalue weighted by molar-refractivity contribution is 9.10. The minimum atomic E-state index is 0.227. The monoisotopic (exact) mass is 302 g/mol. The minimum absolute atomic E-state index is 0.227. The molecule has 0 radical (unpaired) electrons. The maximum absolute atomic E-state index is 11.9. The first kappa shape index (κ1) is 13.0. The number of benzene rings is 2. The van der Waals surface area contributed by atoms with Gasteiger partial charge < -0.3 is 0 Å². The topological polar surface area (TPSA) is 17.1 Å². The molecule has 18 heavy (non-hydrogen) atoms. The number of Topliss-reactive ketones (excluding diaryl/α,β-unsaturated/α-hetero) is 1. The van der Waals surface area contributed by atoms with E-state index in [1.165, 1.54) is 5.56 Å². The Morgan fingerprint density at radius 1 is 1.00 bits per heavy atom. The molecule has 0 N–H and O–H groups in total. The molecular weight excluding hydrogens is 288 g/mol. The molecule has 2 heteroatoms. The molecule has 2 aromatic carbocycles. The SMILES string of the molecule is O=C(CCCc1cccc(Br)c1)c1ccccc1. The van der Waals surface area contributed by atoms with E-state index in [2.05, 4.69) is 28.1 Å². The number of carbonyl (C=O) groups is 1. The zero-order valence-corrected chi connectivity index (χ0v) is 11.7. The van der Waals surface area contributed by atoms with Crippen LogP contribution in [0.2, 0.25) is 0 Å². The molecule has 92 valence electrons. The van der Waals surface area contributed by atoms with Crippen LogP contribution >= 0.6 is 15.9 Å². The van der Waals surface area contributed by atoms with Crippen molar-refractivity contribution in [2.24, 2.45) is 0 Å². The molecule has 0 aliphatic heterocycles. The summed E-state index contributed by atoms with van der Waals surface area (Å²) < 4.78 is 1.09. The molecule has 0 saturated carbocycles. The van der Waals surface area contributed by atoms with Gasteiger partial charge in [0.25, 0.3) is 0 Å². The summed E-state index contributed by atoms with van der Waals surface area (Å²) in [5.41, 5.74) is 2.08. The van der Waals surface area contributed by atoms with E-state index in [1.54, 1.807) is 0 Å². The van der Waals surface area contributed by atoms with Crippen molar-refractivity contribution in [2.75, 3.05) is 0 Å². The molecule has 0 aliphatic rings. The smallest absolute Gasteiger partial charge is 0.162 e. The molecule has 0 saturated heterocycles. The van der Waals surface area contributed by atoms with E-state index in [4.69, 9.17) is 0 Å². The molecular formula is C16H15BrO. The second-order valence-corrected chi connectivity index (χ2v) is 5.19. The van der Waals surface area contributed by atoms with Gasteiger partial charge in [-0.15, -0.1) is 0 Å². The Hall–Kier alpha value is -1.41. The Kier molecular flexibility index (Phi) is 4.71. The van der Waals surface area contributed by atoms with Crippen LogP contribution in [-0.2, 0) is 6.42 Å². The zero-order valence-electron chi connectivity index (χ0n) is 10.1. The first-order chi connectivity index (χ1) is 8.75. The lowest BCUT2D eigenvalue weighted by molar-refractivity contribution is 0.0980. The van der Waals surface area contributed by atoms with Crippen LogP contribution in [0.5, 0.6) is 0 Å². The Labute approximate surface area is 116 Å². The number of aryl methyl sites for hydroxylation is 1. The van der Waals surface area contributed by atoms with Crippen LogP contribution < -0.4 is 0 Å². The molecule has 0 aromatic heterocycles. The predicted octanol–water partition coefficient (Wildman–Crippen LogP) is 4.65. The van der Waals surface area contributed by atoms with Crippen LogP contribution in [0.3, 0.4) is 0 Å². The highest BCUT2D eigenvalue weighted by Gasteiger charge is 2.04. The normalized spacial score (nSPS) is 10.3. The summed E-state index contributed by atoms with van der Waals surface area (Å²) in [4.78, 5) is 11.9. The van der Waals surface area contributed by atoms with Crippen molar-refractivity contribution in [2.45, 2.75) is 19.3 Å². The molecule has 2 aromatic rings. The molecule has 2 rings (SSSR count). The third kappa shape index (κ3) is 3.81. The number of ketones is 1. The summed E-state index contributed by atoms with van der Waals surface area (Å²) in [7, 11) is 0. The third-order valence-electron chi connectivity index (χ3n) is 2.85.